The summed E-state index contributed by atoms with van der Waals surface area (Å²) in [6.07, 6.45) is 0. The molecule has 0 saturated carbocycles. The van der Waals surface area contributed by atoms with Gasteiger partial charge in [0.05, 0.1) is 16.6 Å². The number of ether oxygens (including phenoxy) is 1. The smallest absolute Gasteiger partial charge is 0.264 e. The van der Waals surface area contributed by atoms with E-state index in [9.17, 15) is 17.6 Å². The van der Waals surface area contributed by atoms with E-state index in [4.69, 9.17) is 4.74 Å². The highest BCUT2D eigenvalue weighted by Gasteiger charge is 2.20. The van der Waals surface area contributed by atoms with Gasteiger partial charge in [0.15, 0.2) is 6.61 Å². The molecule has 162 valence electrons. The molecule has 0 saturated heterocycles. The molecular formula is C23H23FN2O4S. The van der Waals surface area contributed by atoms with Crippen molar-refractivity contribution in [2.45, 2.75) is 17.9 Å². The SMILES string of the molecule is CC(NC(=O)COc1ccc(N(C)S(=O)(=O)c2ccccc2)cc1)c1ccc(F)cc1. The van der Waals surface area contributed by atoms with Gasteiger partial charge in [0, 0.05) is 7.05 Å². The van der Waals surface area contributed by atoms with Crippen molar-refractivity contribution in [1.82, 2.24) is 5.32 Å². The molecule has 0 heterocycles. The van der Waals surface area contributed by atoms with Crippen molar-refractivity contribution in [2.24, 2.45) is 0 Å². The topological polar surface area (TPSA) is 75.7 Å². The second-order valence-corrected chi connectivity index (χ2v) is 8.88. The number of benzene rings is 3. The van der Waals surface area contributed by atoms with Gasteiger partial charge in [0.1, 0.15) is 11.6 Å². The third kappa shape index (κ3) is 5.61. The van der Waals surface area contributed by atoms with E-state index in [1.807, 2.05) is 0 Å². The number of nitrogens with one attached hydrogen (secondary N) is 1. The van der Waals surface area contributed by atoms with Gasteiger partial charge < -0.3 is 10.1 Å². The highest BCUT2D eigenvalue weighted by molar-refractivity contribution is 7.92. The molecule has 0 aliphatic rings. The van der Waals surface area contributed by atoms with Crippen LogP contribution in [0.2, 0.25) is 0 Å². The van der Waals surface area contributed by atoms with Gasteiger partial charge in [-0.1, -0.05) is 30.3 Å². The van der Waals surface area contributed by atoms with Crippen LogP contribution < -0.4 is 14.4 Å². The first kappa shape index (κ1) is 22.3. The Balaban J connectivity index is 1.56. The van der Waals surface area contributed by atoms with Crippen LogP contribution in [0.1, 0.15) is 18.5 Å². The number of carbonyl (C=O) groups is 1. The summed E-state index contributed by atoms with van der Waals surface area (Å²) in [5.41, 5.74) is 1.24. The monoisotopic (exact) mass is 442 g/mol. The Morgan fingerprint density at radius 2 is 1.61 bits per heavy atom. The summed E-state index contributed by atoms with van der Waals surface area (Å²) in [7, 11) is -2.19. The Hall–Kier alpha value is -3.39. The minimum Gasteiger partial charge on any atom is -0.484 e. The van der Waals surface area contributed by atoms with Gasteiger partial charge in [0.2, 0.25) is 0 Å². The fourth-order valence-corrected chi connectivity index (χ4v) is 4.13. The second kappa shape index (κ2) is 9.61. The summed E-state index contributed by atoms with van der Waals surface area (Å²) in [5.74, 6) is -0.236. The van der Waals surface area contributed by atoms with Gasteiger partial charge in [-0.25, -0.2) is 12.8 Å². The van der Waals surface area contributed by atoms with Gasteiger partial charge in [-0.2, -0.15) is 0 Å². The van der Waals surface area contributed by atoms with Gasteiger partial charge >= 0.3 is 0 Å². The number of halogens is 1. The molecular weight excluding hydrogens is 419 g/mol. The fraction of sp³-hybridized carbons (Fsp3) is 0.174. The Morgan fingerprint density at radius 3 is 2.23 bits per heavy atom. The summed E-state index contributed by atoms with van der Waals surface area (Å²) in [6, 6.07) is 20.2. The molecule has 0 aromatic heterocycles. The van der Waals surface area contributed by atoms with Crippen molar-refractivity contribution < 1.29 is 22.3 Å². The molecule has 0 radical (unpaired) electrons. The van der Waals surface area contributed by atoms with E-state index < -0.39 is 10.0 Å². The van der Waals surface area contributed by atoms with E-state index in [0.29, 0.717) is 11.4 Å². The maximum atomic E-state index is 13.0. The lowest BCUT2D eigenvalue weighted by atomic mass is 10.1. The average Bonchev–Trinajstić information content (AvgIpc) is 2.78. The second-order valence-electron chi connectivity index (χ2n) is 6.91. The zero-order valence-electron chi connectivity index (χ0n) is 17.2. The third-order valence-electron chi connectivity index (χ3n) is 4.72. The van der Waals surface area contributed by atoms with E-state index in [1.165, 1.54) is 35.6 Å². The zero-order chi connectivity index (χ0) is 22.4. The van der Waals surface area contributed by atoms with Gasteiger partial charge in [-0.15, -0.1) is 0 Å². The molecule has 1 N–H and O–H groups in total. The molecule has 3 aromatic carbocycles. The number of carbonyl (C=O) groups excluding carboxylic acids is 1. The van der Waals surface area contributed by atoms with E-state index in [-0.39, 0.29) is 29.3 Å². The first-order valence-electron chi connectivity index (χ1n) is 9.59. The number of nitrogens with zero attached hydrogens (tertiary/aromatic N) is 1. The van der Waals surface area contributed by atoms with Gasteiger partial charge in [0.25, 0.3) is 15.9 Å². The lowest BCUT2D eigenvalue weighted by Gasteiger charge is -2.20. The molecule has 0 spiro atoms. The van der Waals surface area contributed by atoms with Crippen molar-refractivity contribution in [3.63, 3.8) is 0 Å². The van der Waals surface area contributed by atoms with Crippen molar-refractivity contribution in [3.05, 3.63) is 90.2 Å². The van der Waals surface area contributed by atoms with Crippen molar-refractivity contribution in [1.29, 1.82) is 0 Å². The Bertz CT molecular complexity index is 1120. The maximum Gasteiger partial charge on any atom is 0.264 e. The molecule has 1 atom stereocenters. The highest BCUT2D eigenvalue weighted by atomic mass is 32.2. The molecule has 1 amide bonds. The van der Waals surface area contributed by atoms with Crippen molar-refractivity contribution in [3.8, 4) is 5.75 Å². The van der Waals surface area contributed by atoms with Gasteiger partial charge in [-0.05, 0) is 61.0 Å². The number of hydrogen-bond acceptors (Lipinski definition) is 4. The van der Waals surface area contributed by atoms with Crippen LogP contribution in [0.15, 0.2) is 83.8 Å². The van der Waals surface area contributed by atoms with Crippen molar-refractivity contribution >= 4 is 21.6 Å². The standard InChI is InChI=1S/C23H23FN2O4S/c1-17(18-8-10-19(24)11-9-18)25-23(27)16-30-21-14-12-20(13-15-21)26(2)31(28,29)22-6-4-3-5-7-22/h3-15,17H,16H2,1-2H3,(H,25,27). The largest absolute Gasteiger partial charge is 0.484 e. The molecule has 3 rings (SSSR count). The van der Waals surface area contributed by atoms with E-state index in [2.05, 4.69) is 5.32 Å². The molecule has 0 fully saturated rings. The summed E-state index contributed by atoms with van der Waals surface area (Å²) >= 11 is 0. The Kier molecular flexibility index (Phi) is 6.91. The first-order chi connectivity index (χ1) is 14.8. The van der Waals surface area contributed by atoms with E-state index >= 15 is 0 Å². The summed E-state index contributed by atoms with van der Waals surface area (Å²) in [6.45, 7) is 1.59. The summed E-state index contributed by atoms with van der Waals surface area (Å²) < 4.78 is 45.1. The lowest BCUT2D eigenvalue weighted by molar-refractivity contribution is -0.123. The van der Waals surface area contributed by atoms with Crippen LogP contribution in [0.4, 0.5) is 10.1 Å². The van der Waals surface area contributed by atoms with Crippen LogP contribution in [0, 0.1) is 5.82 Å². The summed E-state index contributed by atoms with van der Waals surface area (Å²) in [4.78, 5) is 12.3. The van der Waals surface area contributed by atoms with Crippen LogP contribution in [0.25, 0.3) is 0 Å². The van der Waals surface area contributed by atoms with Crippen LogP contribution in [0.5, 0.6) is 5.75 Å². The minimum atomic E-state index is -3.67. The lowest BCUT2D eigenvalue weighted by Crippen LogP contribution is -2.31. The molecule has 8 heteroatoms. The molecule has 0 aliphatic heterocycles. The minimum absolute atomic E-state index is 0.199. The summed E-state index contributed by atoms with van der Waals surface area (Å²) in [5, 5.41) is 2.78. The zero-order valence-corrected chi connectivity index (χ0v) is 18.0. The van der Waals surface area contributed by atoms with Crippen LogP contribution >= 0.6 is 0 Å². The predicted octanol–water partition coefficient (Wildman–Crippen LogP) is 3.91. The fourth-order valence-electron chi connectivity index (χ4n) is 2.91. The van der Waals surface area contributed by atoms with Crippen LogP contribution in [-0.2, 0) is 14.8 Å². The van der Waals surface area contributed by atoms with Crippen LogP contribution in [0.3, 0.4) is 0 Å². The maximum absolute atomic E-state index is 13.0. The molecule has 31 heavy (non-hydrogen) atoms. The average molecular weight is 443 g/mol. The molecule has 1 unspecified atom stereocenters. The molecule has 0 aliphatic carbocycles. The third-order valence-corrected chi connectivity index (χ3v) is 6.52. The van der Waals surface area contributed by atoms with Crippen LogP contribution in [-0.4, -0.2) is 28.0 Å². The molecule has 3 aromatic rings. The number of rotatable bonds is 8. The predicted molar refractivity (Wildman–Crippen MR) is 117 cm³/mol. The molecule has 0 bridgehead atoms. The first-order valence-corrected chi connectivity index (χ1v) is 11.0. The molecule has 6 nitrogen and oxygen atoms in total. The van der Waals surface area contributed by atoms with Gasteiger partial charge in [-0.3, -0.25) is 9.10 Å². The van der Waals surface area contributed by atoms with E-state index in [0.717, 1.165) is 5.56 Å². The number of hydrogen-bond donors (Lipinski definition) is 1. The number of amides is 1. The highest BCUT2D eigenvalue weighted by Crippen LogP contribution is 2.24. The van der Waals surface area contributed by atoms with E-state index in [1.54, 1.807) is 61.5 Å². The van der Waals surface area contributed by atoms with Crippen molar-refractivity contribution in [2.75, 3.05) is 18.0 Å². The normalized spacial score (nSPS) is 12.1. The Labute approximate surface area is 181 Å². The Morgan fingerprint density at radius 1 is 1.00 bits per heavy atom. The number of sulfonamides is 1. The number of anilines is 1. The quantitative estimate of drug-likeness (QED) is 0.574.